The number of carbonyl (C=O) groups excluding carboxylic acids is 2. The van der Waals surface area contributed by atoms with E-state index in [1.807, 2.05) is 6.92 Å². The molecule has 3 rings (SSSR count). The number of carbonyl (C=O) groups is 2. The molecule has 3 amide bonds. The molecule has 1 N–H and O–H groups in total. The minimum atomic E-state index is -0.533. The number of halogens is 2. The van der Waals surface area contributed by atoms with Crippen LogP contribution in [-0.2, 0) is 11.3 Å². The van der Waals surface area contributed by atoms with Crippen LogP contribution < -0.4 is 14.8 Å². The Hall–Kier alpha value is -2.87. The summed E-state index contributed by atoms with van der Waals surface area (Å²) in [6, 6.07) is 8.56. The first-order chi connectivity index (χ1) is 13.4. The van der Waals surface area contributed by atoms with Crippen LogP contribution >= 0.6 is 15.9 Å². The molecule has 0 bridgehead atoms. The Morgan fingerprint density at radius 1 is 1.18 bits per heavy atom. The van der Waals surface area contributed by atoms with Crippen LogP contribution in [0.15, 0.2) is 46.6 Å². The van der Waals surface area contributed by atoms with E-state index in [1.54, 1.807) is 18.2 Å². The summed E-state index contributed by atoms with van der Waals surface area (Å²) in [6.45, 7) is 2.40. The van der Waals surface area contributed by atoms with Crippen molar-refractivity contribution in [3.8, 4) is 11.5 Å². The zero-order chi connectivity index (χ0) is 20.3. The molecule has 1 fully saturated rings. The number of hydrogen-bond donors (Lipinski definition) is 1. The number of urea groups is 1. The van der Waals surface area contributed by atoms with E-state index in [1.165, 1.54) is 31.4 Å². The highest BCUT2D eigenvalue weighted by Gasteiger charge is 2.33. The third-order valence-corrected chi connectivity index (χ3v) is 4.79. The predicted octanol–water partition coefficient (Wildman–Crippen LogP) is 4.09. The molecule has 1 heterocycles. The summed E-state index contributed by atoms with van der Waals surface area (Å²) in [7, 11) is 1.52. The van der Waals surface area contributed by atoms with Gasteiger partial charge in [0.05, 0.1) is 20.3 Å². The van der Waals surface area contributed by atoms with E-state index < -0.39 is 11.9 Å². The number of amides is 3. The van der Waals surface area contributed by atoms with E-state index in [4.69, 9.17) is 9.47 Å². The number of benzene rings is 2. The van der Waals surface area contributed by atoms with Crippen molar-refractivity contribution in [2.75, 3.05) is 13.7 Å². The highest BCUT2D eigenvalue weighted by molar-refractivity contribution is 9.10. The lowest BCUT2D eigenvalue weighted by Gasteiger charge is -2.12. The molecule has 1 aliphatic heterocycles. The third-order valence-electron chi connectivity index (χ3n) is 4.10. The Balaban J connectivity index is 1.86. The average Bonchev–Trinajstić information content (AvgIpc) is 2.93. The molecule has 0 radical (unpaired) electrons. The Kier molecular flexibility index (Phi) is 5.99. The molecule has 146 valence electrons. The van der Waals surface area contributed by atoms with Gasteiger partial charge >= 0.3 is 6.03 Å². The normalized spacial score (nSPS) is 15.1. The van der Waals surface area contributed by atoms with E-state index in [-0.39, 0.29) is 18.1 Å². The van der Waals surface area contributed by atoms with Crippen LogP contribution in [0.3, 0.4) is 0 Å². The van der Waals surface area contributed by atoms with Gasteiger partial charge in [0.2, 0.25) is 0 Å². The minimum absolute atomic E-state index is 0.0516. The van der Waals surface area contributed by atoms with Crippen molar-refractivity contribution in [3.05, 3.63) is 63.5 Å². The van der Waals surface area contributed by atoms with Gasteiger partial charge in [0.15, 0.2) is 11.5 Å². The second-order valence-electron chi connectivity index (χ2n) is 5.96. The number of nitrogens with one attached hydrogen (secondary N) is 1. The van der Waals surface area contributed by atoms with Crippen molar-refractivity contribution in [2.24, 2.45) is 0 Å². The molecular weight excluding hydrogens is 431 g/mol. The standard InChI is InChI=1S/C20H18BrFN2O4/c1-3-28-18-10-15(21)13(9-17(18)27-2)8-16-19(25)24(20(26)23-16)11-12-4-6-14(22)7-5-12/h4-10H,3,11H2,1-2H3,(H,23,26)/b16-8+. The number of nitrogens with zero attached hydrogens (tertiary/aromatic N) is 1. The van der Waals surface area contributed by atoms with Gasteiger partial charge in [0, 0.05) is 4.47 Å². The van der Waals surface area contributed by atoms with E-state index >= 15 is 0 Å². The van der Waals surface area contributed by atoms with Crippen molar-refractivity contribution < 1.29 is 23.5 Å². The number of methoxy groups -OCH3 is 1. The fourth-order valence-electron chi connectivity index (χ4n) is 2.73. The highest BCUT2D eigenvalue weighted by atomic mass is 79.9. The Labute approximate surface area is 170 Å². The second kappa shape index (κ2) is 8.43. The third kappa shape index (κ3) is 4.17. The Bertz CT molecular complexity index is 944. The first-order valence-corrected chi connectivity index (χ1v) is 9.31. The highest BCUT2D eigenvalue weighted by Crippen LogP contribution is 2.35. The van der Waals surface area contributed by atoms with Gasteiger partial charge in [-0.15, -0.1) is 0 Å². The van der Waals surface area contributed by atoms with Gasteiger partial charge in [-0.3, -0.25) is 9.69 Å². The lowest BCUT2D eigenvalue weighted by Crippen LogP contribution is -2.30. The average molecular weight is 449 g/mol. The van der Waals surface area contributed by atoms with Gasteiger partial charge in [0.25, 0.3) is 5.91 Å². The molecule has 0 aliphatic carbocycles. The number of imide groups is 1. The topological polar surface area (TPSA) is 67.9 Å². The predicted molar refractivity (Wildman–Crippen MR) is 105 cm³/mol. The molecular formula is C20H18BrFN2O4. The second-order valence-corrected chi connectivity index (χ2v) is 6.82. The summed E-state index contributed by atoms with van der Waals surface area (Å²) in [4.78, 5) is 26.0. The van der Waals surface area contributed by atoms with Crippen molar-refractivity contribution in [1.82, 2.24) is 10.2 Å². The van der Waals surface area contributed by atoms with E-state index in [0.717, 1.165) is 4.90 Å². The molecule has 28 heavy (non-hydrogen) atoms. The molecule has 6 nitrogen and oxygen atoms in total. The summed E-state index contributed by atoms with van der Waals surface area (Å²) in [5.41, 5.74) is 1.43. The molecule has 0 spiro atoms. The summed E-state index contributed by atoms with van der Waals surface area (Å²) >= 11 is 3.45. The zero-order valence-corrected chi connectivity index (χ0v) is 16.9. The molecule has 0 aromatic heterocycles. The van der Waals surface area contributed by atoms with Crippen LogP contribution in [0.5, 0.6) is 11.5 Å². The zero-order valence-electron chi connectivity index (χ0n) is 15.3. The van der Waals surface area contributed by atoms with Crippen molar-refractivity contribution in [1.29, 1.82) is 0 Å². The lowest BCUT2D eigenvalue weighted by molar-refractivity contribution is -0.123. The van der Waals surface area contributed by atoms with Gasteiger partial charge in [-0.2, -0.15) is 0 Å². The summed E-state index contributed by atoms with van der Waals surface area (Å²) in [6.07, 6.45) is 1.56. The molecule has 1 aliphatic rings. The Morgan fingerprint density at radius 3 is 2.54 bits per heavy atom. The first kappa shape index (κ1) is 19.9. The number of hydrogen-bond acceptors (Lipinski definition) is 4. The van der Waals surface area contributed by atoms with Crippen LogP contribution in [0.2, 0.25) is 0 Å². The maximum atomic E-state index is 13.0. The first-order valence-electron chi connectivity index (χ1n) is 8.52. The van der Waals surface area contributed by atoms with Crippen molar-refractivity contribution in [2.45, 2.75) is 13.5 Å². The van der Waals surface area contributed by atoms with E-state index in [9.17, 15) is 14.0 Å². The molecule has 0 saturated carbocycles. The number of rotatable bonds is 6. The van der Waals surface area contributed by atoms with Gasteiger partial charge in [0.1, 0.15) is 11.5 Å². The molecule has 0 unspecified atom stereocenters. The molecule has 2 aromatic rings. The van der Waals surface area contributed by atoms with Gasteiger partial charge in [-0.25, -0.2) is 9.18 Å². The van der Waals surface area contributed by atoms with Crippen LogP contribution in [0.1, 0.15) is 18.1 Å². The van der Waals surface area contributed by atoms with Crippen molar-refractivity contribution in [3.63, 3.8) is 0 Å². The van der Waals surface area contributed by atoms with Gasteiger partial charge in [-0.05, 0) is 48.4 Å². The molecule has 8 heteroatoms. The maximum Gasteiger partial charge on any atom is 0.329 e. The summed E-state index contributed by atoms with van der Waals surface area (Å²) in [5, 5.41) is 2.57. The minimum Gasteiger partial charge on any atom is -0.493 e. The molecule has 1 saturated heterocycles. The largest absolute Gasteiger partial charge is 0.493 e. The van der Waals surface area contributed by atoms with Crippen LogP contribution in [-0.4, -0.2) is 30.6 Å². The molecule has 0 atom stereocenters. The fourth-order valence-corrected chi connectivity index (χ4v) is 3.17. The van der Waals surface area contributed by atoms with Crippen LogP contribution in [0.4, 0.5) is 9.18 Å². The quantitative estimate of drug-likeness (QED) is 0.533. The fraction of sp³-hybridized carbons (Fsp3) is 0.200. The monoisotopic (exact) mass is 448 g/mol. The number of ether oxygens (including phenoxy) is 2. The van der Waals surface area contributed by atoms with Crippen LogP contribution in [0, 0.1) is 5.82 Å². The molecule has 2 aromatic carbocycles. The van der Waals surface area contributed by atoms with E-state index in [2.05, 4.69) is 21.2 Å². The maximum absolute atomic E-state index is 13.0. The smallest absolute Gasteiger partial charge is 0.329 e. The summed E-state index contributed by atoms with van der Waals surface area (Å²) in [5.74, 6) is 0.237. The SMILES string of the molecule is CCOc1cc(Br)c(/C=C2/NC(=O)N(Cc3ccc(F)cc3)C2=O)cc1OC. The summed E-state index contributed by atoms with van der Waals surface area (Å²) < 4.78 is 24.6. The lowest BCUT2D eigenvalue weighted by atomic mass is 10.1. The van der Waals surface area contributed by atoms with Gasteiger partial charge < -0.3 is 14.8 Å². The van der Waals surface area contributed by atoms with Crippen molar-refractivity contribution >= 4 is 33.9 Å². The van der Waals surface area contributed by atoms with E-state index in [0.29, 0.717) is 33.7 Å². The van der Waals surface area contributed by atoms with Gasteiger partial charge in [-0.1, -0.05) is 28.1 Å². The Morgan fingerprint density at radius 2 is 1.89 bits per heavy atom. The van der Waals surface area contributed by atoms with Crippen LogP contribution in [0.25, 0.3) is 6.08 Å².